The maximum Gasteiger partial charge on any atom is 0.405 e. The van der Waals surface area contributed by atoms with Crippen LogP contribution in [0.5, 0.6) is 11.5 Å². The second kappa shape index (κ2) is 7.61. The number of amides is 1. The number of benzene rings is 2. The molecule has 0 bridgehead atoms. The number of hydrogen-bond donors (Lipinski definition) is 2. The summed E-state index contributed by atoms with van der Waals surface area (Å²) < 4.78 is 19.2. The number of carboxylic acid groups (broad SMARTS) is 1. The lowest BCUT2D eigenvalue weighted by molar-refractivity contribution is -0.386. The summed E-state index contributed by atoms with van der Waals surface area (Å²) >= 11 is 0. The molecule has 0 aliphatic rings. The number of carbonyl (C=O) groups is 1. The Labute approximate surface area is 155 Å². The van der Waals surface area contributed by atoms with E-state index in [0.29, 0.717) is 5.56 Å². The van der Waals surface area contributed by atoms with Gasteiger partial charge in [0.25, 0.3) is 5.69 Å². The topological polar surface area (TPSA) is 102 Å². The Morgan fingerprint density at radius 2 is 1.93 bits per heavy atom. The number of aryl methyl sites for hydroxylation is 1. The molecule has 2 aromatic rings. The molecule has 1 atom stereocenters. The van der Waals surface area contributed by atoms with Gasteiger partial charge in [0.1, 0.15) is 17.3 Å². The SMILES string of the molecule is Cc1ccc(F)cc1Oc1ccc([N+](=O)[O-])c(C(NC(=O)O)C(C)(C)C)c1. The molecule has 8 heteroatoms. The molecule has 144 valence electrons. The van der Waals surface area contributed by atoms with Gasteiger partial charge in [0, 0.05) is 12.1 Å². The van der Waals surface area contributed by atoms with Crippen LogP contribution in [0, 0.1) is 28.3 Å². The molecule has 27 heavy (non-hydrogen) atoms. The zero-order chi connectivity index (χ0) is 20.4. The van der Waals surface area contributed by atoms with Gasteiger partial charge in [-0.2, -0.15) is 0 Å². The molecular formula is C19H21FN2O5. The monoisotopic (exact) mass is 376 g/mol. The molecule has 0 radical (unpaired) electrons. The molecule has 0 saturated heterocycles. The van der Waals surface area contributed by atoms with Gasteiger partial charge in [-0.1, -0.05) is 26.8 Å². The fraction of sp³-hybridized carbons (Fsp3) is 0.316. The number of nitro groups is 1. The Morgan fingerprint density at radius 3 is 2.48 bits per heavy atom. The minimum atomic E-state index is -1.29. The second-order valence-electron chi connectivity index (χ2n) is 7.24. The lowest BCUT2D eigenvalue weighted by atomic mass is 9.81. The second-order valence-corrected chi connectivity index (χ2v) is 7.24. The van der Waals surface area contributed by atoms with Gasteiger partial charge in [-0.3, -0.25) is 10.1 Å². The van der Waals surface area contributed by atoms with E-state index in [2.05, 4.69) is 5.32 Å². The van der Waals surface area contributed by atoms with Crippen LogP contribution in [-0.4, -0.2) is 16.1 Å². The molecule has 0 heterocycles. The van der Waals surface area contributed by atoms with Crippen molar-refractivity contribution in [2.45, 2.75) is 33.7 Å². The van der Waals surface area contributed by atoms with Crippen molar-refractivity contribution in [3.63, 3.8) is 0 Å². The third-order valence-corrected chi connectivity index (χ3v) is 4.02. The predicted octanol–water partition coefficient (Wildman–Crippen LogP) is 5.19. The van der Waals surface area contributed by atoms with E-state index in [1.807, 2.05) is 0 Å². The van der Waals surface area contributed by atoms with Gasteiger partial charge >= 0.3 is 6.09 Å². The summed E-state index contributed by atoms with van der Waals surface area (Å²) in [6, 6.07) is 7.28. The highest BCUT2D eigenvalue weighted by Crippen LogP contribution is 2.40. The summed E-state index contributed by atoms with van der Waals surface area (Å²) in [5.74, 6) is 0.0388. The van der Waals surface area contributed by atoms with E-state index in [1.165, 1.54) is 30.3 Å². The molecule has 7 nitrogen and oxygen atoms in total. The van der Waals surface area contributed by atoms with Crippen LogP contribution in [0.1, 0.15) is 37.9 Å². The van der Waals surface area contributed by atoms with Gasteiger partial charge in [-0.05, 0) is 36.1 Å². The van der Waals surface area contributed by atoms with Crippen LogP contribution in [0.25, 0.3) is 0 Å². The highest BCUT2D eigenvalue weighted by Gasteiger charge is 2.33. The number of rotatable bonds is 5. The largest absolute Gasteiger partial charge is 0.465 e. The molecule has 0 spiro atoms. The summed E-state index contributed by atoms with van der Waals surface area (Å²) in [5, 5.41) is 22.9. The van der Waals surface area contributed by atoms with Crippen LogP contribution in [0.3, 0.4) is 0 Å². The molecule has 2 rings (SSSR count). The van der Waals surface area contributed by atoms with Crippen LogP contribution in [-0.2, 0) is 0 Å². The summed E-state index contributed by atoms with van der Waals surface area (Å²) in [7, 11) is 0. The van der Waals surface area contributed by atoms with Crippen molar-refractivity contribution in [2.75, 3.05) is 0 Å². The molecule has 1 amide bonds. The van der Waals surface area contributed by atoms with Crippen molar-refractivity contribution >= 4 is 11.8 Å². The fourth-order valence-electron chi connectivity index (χ4n) is 2.69. The van der Waals surface area contributed by atoms with Gasteiger partial charge in [-0.25, -0.2) is 9.18 Å². The molecule has 0 fully saturated rings. The van der Waals surface area contributed by atoms with Gasteiger partial charge < -0.3 is 15.2 Å². The van der Waals surface area contributed by atoms with Crippen molar-refractivity contribution in [2.24, 2.45) is 5.41 Å². The number of ether oxygens (including phenoxy) is 1. The van der Waals surface area contributed by atoms with Crippen molar-refractivity contribution < 1.29 is 24.0 Å². The number of nitrogens with zero attached hydrogens (tertiary/aromatic N) is 1. The Bertz CT molecular complexity index is 877. The molecule has 0 saturated carbocycles. The Hall–Kier alpha value is -3.16. The third-order valence-electron chi connectivity index (χ3n) is 4.02. The average Bonchev–Trinajstić information content (AvgIpc) is 2.54. The molecular weight excluding hydrogens is 355 g/mol. The lowest BCUT2D eigenvalue weighted by Crippen LogP contribution is -2.36. The summed E-state index contributed by atoms with van der Waals surface area (Å²) in [5.41, 5.74) is -0.0166. The zero-order valence-electron chi connectivity index (χ0n) is 15.4. The van der Waals surface area contributed by atoms with Crippen LogP contribution in [0.15, 0.2) is 36.4 Å². The Balaban J connectivity index is 2.54. The first-order valence-electron chi connectivity index (χ1n) is 8.21. The average molecular weight is 376 g/mol. The van der Waals surface area contributed by atoms with E-state index in [1.54, 1.807) is 33.8 Å². The lowest BCUT2D eigenvalue weighted by Gasteiger charge is -2.30. The Morgan fingerprint density at radius 1 is 1.26 bits per heavy atom. The molecule has 0 aliphatic carbocycles. The maximum absolute atomic E-state index is 13.5. The first-order chi connectivity index (χ1) is 12.5. The van der Waals surface area contributed by atoms with Crippen molar-refractivity contribution in [1.82, 2.24) is 5.32 Å². The quantitative estimate of drug-likeness (QED) is 0.552. The van der Waals surface area contributed by atoms with E-state index in [9.17, 15) is 19.3 Å². The number of nitro benzene ring substituents is 1. The Kier molecular flexibility index (Phi) is 5.68. The predicted molar refractivity (Wildman–Crippen MR) is 97.7 cm³/mol. The van der Waals surface area contributed by atoms with E-state index in [4.69, 9.17) is 9.84 Å². The number of nitrogens with one attached hydrogen (secondary N) is 1. The van der Waals surface area contributed by atoms with E-state index in [0.717, 1.165) is 0 Å². The summed E-state index contributed by atoms with van der Waals surface area (Å²) in [6.45, 7) is 7.04. The number of hydrogen-bond acceptors (Lipinski definition) is 4. The normalized spacial score (nSPS) is 12.3. The standard InChI is InChI=1S/C19H21FN2O5/c1-11-5-6-12(20)9-16(11)27-13-7-8-15(22(25)26)14(10-13)17(19(2,3)4)21-18(23)24/h5-10,17,21H,1-4H3,(H,23,24). The first-order valence-corrected chi connectivity index (χ1v) is 8.21. The molecule has 0 aliphatic heterocycles. The molecule has 0 aromatic heterocycles. The maximum atomic E-state index is 13.5. The van der Waals surface area contributed by atoms with Gasteiger partial charge in [-0.15, -0.1) is 0 Å². The fourth-order valence-corrected chi connectivity index (χ4v) is 2.69. The van der Waals surface area contributed by atoms with E-state index >= 15 is 0 Å². The van der Waals surface area contributed by atoms with Gasteiger partial charge in [0.05, 0.1) is 16.5 Å². The first kappa shape index (κ1) is 20.2. The van der Waals surface area contributed by atoms with Gasteiger partial charge in [0.2, 0.25) is 0 Å². The van der Waals surface area contributed by atoms with Gasteiger partial charge in [0.15, 0.2) is 0 Å². The van der Waals surface area contributed by atoms with Crippen molar-refractivity contribution in [3.8, 4) is 11.5 Å². The summed E-state index contributed by atoms with van der Waals surface area (Å²) in [6.07, 6.45) is -1.29. The van der Waals surface area contributed by atoms with Crippen LogP contribution >= 0.6 is 0 Å². The smallest absolute Gasteiger partial charge is 0.405 e. The highest BCUT2D eigenvalue weighted by molar-refractivity contribution is 5.66. The number of halogens is 1. The van der Waals surface area contributed by atoms with Crippen molar-refractivity contribution in [1.29, 1.82) is 0 Å². The molecule has 1 unspecified atom stereocenters. The summed E-state index contributed by atoms with van der Waals surface area (Å²) in [4.78, 5) is 22.1. The minimum absolute atomic E-state index is 0.168. The highest BCUT2D eigenvalue weighted by atomic mass is 19.1. The third kappa shape index (κ3) is 4.93. The van der Waals surface area contributed by atoms with E-state index < -0.39 is 28.3 Å². The molecule has 2 aromatic carbocycles. The zero-order valence-corrected chi connectivity index (χ0v) is 15.4. The van der Waals surface area contributed by atoms with Crippen molar-refractivity contribution in [3.05, 3.63) is 63.5 Å². The minimum Gasteiger partial charge on any atom is -0.465 e. The van der Waals surface area contributed by atoms with E-state index in [-0.39, 0.29) is 22.7 Å². The van der Waals surface area contributed by atoms with Crippen LogP contribution in [0.4, 0.5) is 14.9 Å². The van der Waals surface area contributed by atoms with Crippen LogP contribution < -0.4 is 10.1 Å². The molecule has 2 N–H and O–H groups in total. The van der Waals surface area contributed by atoms with Crippen LogP contribution in [0.2, 0.25) is 0 Å².